The first-order valence-corrected chi connectivity index (χ1v) is 7.29. The fourth-order valence-electron chi connectivity index (χ4n) is 2.17. The number of hydrogen-bond acceptors (Lipinski definition) is 2. The molecule has 0 aliphatic carbocycles. The summed E-state index contributed by atoms with van der Waals surface area (Å²) < 4.78 is 21.2. The van der Waals surface area contributed by atoms with E-state index in [0.29, 0.717) is 22.4 Å². The van der Waals surface area contributed by atoms with E-state index in [4.69, 9.17) is 16.0 Å². The molecule has 20 heavy (non-hydrogen) atoms. The van der Waals surface area contributed by atoms with E-state index in [1.54, 1.807) is 18.6 Å². The molecular weight excluding hydrogens is 347 g/mol. The molecule has 1 unspecified atom stereocenters. The van der Waals surface area contributed by atoms with Gasteiger partial charge in [0.2, 0.25) is 0 Å². The minimum absolute atomic E-state index is 0.267. The lowest BCUT2D eigenvalue weighted by Gasteiger charge is -2.09. The molecule has 0 aliphatic heterocycles. The second-order valence-corrected chi connectivity index (χ2v) is 6.07. The summed E-state index contributed by atoms with van der Waals surface area (Å²) in [5.74, 6) is 0.389. The Bertz CT molecular complexity index is 752. The molecular formula is C14H11BrClFN2O. The highest BCUT2D eigenvalue weighted by molar-refractivity contribution is 9.10. The first-order chi connectivity index (χ1) is 9.56. The quantitative estimate of drug-likeness (QED) is 0.626. The van der Waals surface area contributed by atoms with Crippen LogP contribution >= 0.6 is 27.5 Å². The molecule has 0 saturated heterocycles. The first kappa shape index (κ1) is 13.6. The molecule has 104 valence electrons. The predicted molar refractivity (Wildman–Crippen MR) is 79.5 cm³/mol. The molecule has 3 rings (SSSR count). The van der Waals surface area contributed by atoms with E-state index in [1.807, 2.05) is 17.6 Å². The fourth-order valence-corrected chi connectivity index (χ4v) is 2.67. The molecule has 0 spiro atoms. The normalized spacial score (nSPS) is 13.0. The summed E-state index contributed by atoms with van der Waals surface area (Å²) in [6, 6.07) is 5.00. The minimum Gasteiger partial charge on any atom is -0.472 e. The molecule has 2 heterocycles. The average molecular weight is 358 g/mol. The van der Waals surface area contributed by atoms with Gasteiger partial charge in [0.05, 0.1) is 40.0 Å². The highest BCUT2D eigenvalue weighted by Crippen LogP contribution is 2.29. The average Bonchev–Trinajstić information content (AvgIpc) is 3.00. The van der Waals surface area contributed by atoms with Crippen molar-refractivity contribution in [1.82, 2.24) is 9.55 Å². The van der Waals surface area contributed by atoms with Gasteiger partial charge in [-0.3, -0.25) is 0 Å². The van der Waals surface area contributed by atoms with Crippen molar-refractivity contribution >= 4 is 38.6 Å². The lowest BCUT2D eigenvalue weighted by Crippen LogP contribution is -2.05. The zero-order valence-corrected chi connectivity index (χ0v) is 12.9. The topological polar surface area (TPSA) is 31.0 Å². The smallest absolute Gasteiger partial charge is 0.139 e. The zero-order valence-electron chi connectivity index (χ0n) is 10.6. The largest absolute Gasteiger partial charge is 0.472 e. The number of rotatable bonds is 3. The van der Waals surface area contributed by atoms with E-state index in [9.17, 15) is 4.39 Å². The standard InChI is InChI=1S/C14H11BrClFN2O/c1-8(16)14-18-12-4-10(15)11(17)5-13(12)19(14)6-9-2-3-20-7-9/h2-5,7-8H,6H2,1H3. The lowest BCUT2D eigenvalue weighted by molar-refractivity contribution is 0.562. The molecule has 0 bridgehead atoms. The van der Waals surface area contributed by atoms with Crippen LogP contribution in [0, 0.1) is 5.82 Å². The Morgan fingerprint density at radius 3 is 2.95 bits per heavy atom. The Morgan fingerprint density at radius 2 is 2.30 bits per heavy atom. The zero-order chi connectivity index (χ0) is 14.3. The van der Waals surface area contributed by atoms with Crippen LogP contribution in [0.4, 0.5) is 4.39 Å². The molecule has 0 aliphatic rings. The lowest BCUT2D eigenvalue weighted by atomic mass is 10.3. The number of nitrogens with zero attached hydrogens (tertiary/aromatic N) is 2. The van der Waals surface area contributed by atoms with Gasteiger partial charge < -0.3 is 8.98 Å². The number of benzene rings is 1. The molecule has 1 aromatic carbocycles. The summed E-state index contributed by atoms with van der Waals surface area (Å²) in [5.41, 5.74) is 2.41. The number of fused-ring (bicyclic) bond motifs is 1. The molecule has 2 aromatic heterocycles. The van der Waals surface area contributed by atoms with Gasteiger partial charge in [0, 0.05) is 11.6 Å². The Kier molecular flexibility index (Phi) is 3.56. The summed E-state index contributed by atoms with van der Waals surface area (Å²) >= 11 is 9.36. The molecule has 0 amide bonds. The Labute approximate surface area is 128 Å². The van der Waals surface area contributed by atoms with Gasteiger partial charge in [-0.15, -0.1) is 11.6 Å². The van der Waals surface area contributed by atoms with Crippen molar-refractivity contribution in [2.24, 2.45) is 0 Å². The highest BCUT2D eigenvalue weighted by atomic mass is 79.9. The van der Waals surface area contributed by atoms with Gasteiger partial charge >= 0.3 is 0 Å². The predicted octanol–water partition coefficient (Wildman–Crippen LogP) is 4.88. The number of alkyl halides is 1. The third kappa shape index (κ3) is 2.36. The third-order valence-electron chi connectivity index (χ3n) is 3.10. The molecule has 0 fully saturated rings. The maximum atomic E-state index is 13.8. The van der Waals surface area contributed by atoms with Crippen LogP contribution in [0.5, 0.6) is 0 Å². The van der Waals surface area contributed by atoms with Gasteiger partial charge in [0.1, 0.15) is 11.6 Å². The molecule has 0 saturated carbocycles. The van der Waals surface area contributed by atoms with Crippen molar-refractivity contribution in [3.8, 4) is 0 Å². The van der Waals surface area contributed by atoms with E-state index in [2.05, 4.69) is 20.9 Å². The van der Waals surface area contributed by atoms with Crippen LogP contribution in [-0.2, 0) is 6.54 Å². The van der Waals surface area contributed by atoms with Crippen LogP contribution in [0.25, 0.3) is 11.0 Å². The van der Waals surface area contributed by atoms with Gasteiger partial charge in [-0.25, -0.2) is 9.37 Å². The molecule has 3 nitrogen and oxygen atoms in total. The van der Waals surface area contributed by atoms with Gasteiger partial charge in [-0.2, -0.15) is 0 Å². The number of imidazole rings is 1. The summed E-state index contributed by atoms with van der Waals surface area (Å²) in [7, 11) is 0. The van der Waals surface area contributed by atoms with Crippen LogP contribution in [0.2, 0.25) is 0 Å². The van der Waals surface area contributed by atoms with Gasteiger partial charge in [0.25, 0.3) is 0 Å². The first-order valence-electron chi connectivity index (χ1n) is 6.06. The van der Waals surface area contributed by atoms with Crippen LogP contribution in [0.3, 0.4) is 0 Å². The van der Waals surface area contributed by atoms with E-state index < -0.39 is 0 Å². The van der Waals surface area contributed by atoms with Crippen molar-refractivity contribution in [3.63, 3.8) is 0 Å². The number of furan rings is 1. The summed E-state index contributed by atoms with van der Waals surface area (Å²) in [6.45, 7) is 2.39. The van der Waals surface area contributed by atoms with Gasteiger partial charge in [-0.05, 0) is 35.0 Å². The maximum absolute atomic E-state index is 13.8. The van der Waals surface area contributed by atoms with Crippen molar-refractivity contribution in [3.05, 3.63) is 52.4 Å². The van der Waals surface area contributed by atoms with Crippen molar-refractivity contribution in [1.29, 1.82) is 0 Å². The van der Waals surface area contributed by atoms with Crippen LogP contribution < -0.4 is 0 Å². The van der Waals surface area contributed by atoms with Crippen LogP contribution in [0.1, 0.15) is 23.7 Å². The van der Waals surface area contributed by atoms with E-state index >= 15 is 0 Å². The molecule has 0 radical (unpaired) electrons. The second kappa shape index (κ2) is 5.22. The van der Waals surface area contributed by atoms with Crippen molar-refractivity contribution < 1.29 is 8.81 Å². The Hall–Kier alpha value is -1.33. The Balaban J connectivity index is 2.20. The number of halogens is 3. The summed E-state index contributed by atoms with van der Waals surface area (Å²) in [4.78, 5) is 4.50. The van der Waals surface area contributed by atoms with E-state index in [0.717, 1.165) is 11.1 Å². The minimum atomic E-state index is -0.320. The fraction of sp³-hybridized carbons (Fsp3) is 0.214. The van der Waals surface area contributed by atoms with Gasteiger partial charge in [-0.1, -0.05) is 0 Å². The number of aromatic nitrogens is 2. The maximum Gasteiger partial charge on any atom is 0.139 e. The third-order valence-corrected chi connectivity index (χ3v) is 3.90. The Morgan fingerprint density at radius 1 is 1.50 bits per heavy atom. The highest BCUT2D eigenvalue weighted by Gasteiger charge is 2.17. The van der Waals surface area contributed by atoms with Crippen molar-refractivity contribution in [2.75, 3.05) is 0 Å². The summed E-state index contributed by atoms with van der Waals surface area (Å²) in [5, 5.41) is -0.267. The summed E-state index contributed by atoms with van der Waals surface area (Å²) in [6.07, 6.45) is 3.26. The van der Waals surface area contributed by atoms with E-state index in [1.165, 1.54) is 6.07 Å². The van der Waals surface area contributed by atoms with Gasteiger partial charge in [0.15, 0.2) is 0 Å². The van der Waals surface area contributed by atoms with Crippen LogP contribution in [0.15, 0.2) is 39.6 Å². The molecule has 1 atom stereocenters. The SMILES string of the molecule is CC(Cl)c1nc2cc(Br)c(F)cc2n1Cc1ccoc1. The molecule has 0 N–H and O–H groups in total. The molecule has 6 heteroatoms. The van der Waals surface area contributed by atoms with Crippen molar-refractivity contribution in [2.45, 2.75) is 18.8 Å². The second-order valence-electron chi connectivity index (χ2n) is 4.56. The number of hydrogen-bond donors (Lipinski definition) is 0. The van der Waals surface area contributed by atoms with Crippen LogP contribution in [-0.4, -0.2) is 9.55 Å². The van der Waals surface area contributed by atoms with E-state index in [-0.39, 0.29) is 11.2 Å². The molecule has 3 aromatic rings. The monoisotopic (exact) mass is 356 g/mol.